The number of hydrogen-bond acceptors (Lipinski definition) is 3. The van der Waals surface area contributed by atoms with Crippen molar-refractivity contribution in [1.82, 2.24) is 0 Å². The van der Waals surface area contributed by atoms with Gasteiger partial charge in [-0.3, -0.25) is 4.79 Å². The van der Waals surface area contributed by atoms with Crippen molar-refractivity contribution in [2.24, 2.45) is 5.73 Å². The zero-order valence-electron chi connectivity index (χ0n) is 7.56. The molecule has 0 radical (unpaired) electrons. The largest absolute Gasteiger partial charge is 0.484 e. The number of primary amides is 1. The Bertz CT molecular complexity index is 369. The van der Waals surface area contributed by atoms with E-state index in [9.17, 15) is 4.79 Å². The fourth-order valence-electron chi connectivity index (χ4n) is 0.991. The van der Waals surface area contributed by atoms with Gasteiger partial charge in [-0.05, 0) is 17.7 Å². The molecule has 1 amide bonds. The van der Waals surface area contributed by atoms with Crippen molar-refractivity contribution >= 4 is 5.91 Å². The van der Waals surface area contributed by atoms with Gasteiger partial charge >= 0.3 is 0 Å². The van der Waals surface area contributed by atoms with Crippen LogP contribution in [0.15, 0.2) is 24.3 Å². The lowest BCUT2D eigenvalue weighted by molar-refractivity contribution is -0.119. The number of ether oxygens (including phenoxy) is 1. The molecule has 0 spiro atoms. The van der Waals surface area contributed by atoms with Crippen molar-refractivity contribution < 1.29 is 9.53 Å². The van der Waals surface area contributed by atoms with E-state index in [1.165, 1.54) is 0 Å². The van der Waals surface area contributed by atoms with Crippen LogP contribution in [0.5, 0.6) is 5.75 Å². The van der Waals surface area contributed by atoms with E-state index in [1.807, 2.05) is 12.1 Å². The third-order valence-electron chi connectivity index (χ3n) is 1.56. The van der Waals surface area contributed by atoms with Crippen LogP contribution in [-0.4, -0.2) is 12.5 Å². The number of carbonyl (C=O) groups is 1. The van der Waals surface area contributed by atoms with E-state index in [1.54, 1.807) is 18.2 Å². The van der Waals surface area contributed by atoms with Crippen molar-refractivity contribution in [1.29, 1.82) is 5.26 Å². The van der Waals surface area contributed by atoms with Gasteiger partial charge in [-0.2, -0.15) is 5.26 Å². The maximum absolute atomic E-state index is 10.4. The van der Waals surface area contributed by atoms with Gasteiger partial charge in [0.2, 0.25) is 0 Å². The highest BCUT2D eigenvalue weighted by Crippen LogP contribution is 2.13. The van der Waals surface area contributed by atoms with Gasteiger partial charge in [-0.25, -0.2) is 0 Å². The standard InChI is InChI=1S/C10H10N2O2/c11-5-4-8-2-1-3-9(6-8)14-7-10(12)13/h1-3,6H,4,7H2,(H2,12,13). The normalized spacial score (nSPS) is 9.07. The van der Waals surface area contributed by atoms with Crippen LogP contribution in [-0.2, 0) is 11.2 Å². The third-order valence-corrected chi connectivity index (χ3v) is 1.56. The van der Waals surface area contributed by atoms with Gasteiger partial charge in [-0.1, -0.05) is 12.1 Å². The van der Waals surface area contributed by atoms with E-state index in [-0.39, 0.29) is 6.61 Å². The zero-order valence-corrected chi connectivity index (χ0v) is 7.56. The first-order valence-corrected chi connectivity index (χ1v) is 4.09. The Morgan fingerprint density at radius 2 is 2.36 bits per heavy atom. The molecule has 0 fully saturated rings. The lowest BCUT2D eigenvalue weighted by Crippen LogP contribution is -2.20. The van der Waals surface area contributed by atoms with Crippen LogP contribution >= 0.6 is 0 Å². The predicted molar refractivity (Wildman–Crippen MR) is 50.4 cm³/mol. The summed E-state index contributed by atoms with van der Waals surface area (Å²) in [6.07, 6.45) is 0.327. The molecular weight excluding hydrogens is 180 g/mol. The summed E-state index contributed by atoms with van der Waals surface area (Å²) in [4.78, 5) is 10.4. The summed E-state index contributed by atoms with van der Waals surface area (Å²) in [5, 5.41) is 8.46. The monoisotopic (exact) mass is 190 g/mol. The van der Waals surface area contributed by atoms with E-state index < -0.39 is 5.91 Å². The second kappa shape index (κ2) is 4.87. The van der Waals surface area contributed by atoms with Gasteiger partial charge in [-0.15, -0.1) is 0 Å². The SMILES string of the molecule is N#CCc1cccc(OCC(N)=O)c1. The summed E-state index contributed by atoms with van der Waals surface area (Å²) in [6, 6.07) is 9.04. The van der Waals surface area contributed by atoms with E-state index in [0.717, 1.165) is 5.56 Å². The molecule has 2 N–H and O–H groups in total. The van der Waals surface area contributed by atoms with Crippen LogP contribution in [0.4, 0.5) is 0 Å². The van der Waals surface area contributed by atoms with Crippen LogP contribution in [0, 0.1) is 11.3 Å². The zero-order chi connectivity index (χ0) is 10.4. The van der Waals surface area contributed by atoms with Crippen molar-refractivity contribution in [2.45, 2.75) is 6.42 Å². The molecule has 0 bridgehead atoms. The molecule has 1 rings (SSSR count). The number of nitriles is 1. The summed E-state index contributed by atoms with van der Waals surface area (Å²) >= 11 is 0. The van der Waals surface area contributed by atoms with Gasteiger partial charge in [0, 0.05) is 0 Å². The average molecular weight is 190 g/mol. The highest BCUT2D eigenvalue weighted by molar-refractivity contribution is 5.75. The Morgan fingerprint density at radius 1 is 1.57 bits per heavy atom. The number of nitrogens with two attached hydrogens (primary N) is 1. The topological polar surface area (TPSA) is 76.1 Å². The third kappa shape index (κ3) is 3.15. The Balaban J connectivity index is 2.64. The van der Waals surface area contributed by atoms with Gasteiger partial charge in [0.1, 0.15) is 5.75 Å². The Kier molecular flexibility index (Phi) is 3.50. The number of benzene rings is 1. The van der Waals surface area contributed by atoms with Crippen molar-refractivity contribution in [3.63, 3.8) is 0 Å². The molecule has 72 valence electrons. The molecule has 0 aromatic heterocycles. The number of nitrogens with zero attached hydrogens (tertiary/aromatic N) is 1. The molecule has 0 heterocycles. The first kappa shape index (κ1) is 10.1. The summed E-state index contributed by atoms with van der Waals surface area (Å²) in [5.41, 5.74) is 5.78. The number of rotatable bonds is 4. The maximum Gasteiger partial charge on any atom is 0.255 e. The van der Waals surface area contributed by atoms with Gasteiger partial charge in [0.25, 0.3) is 5.91 Å². The van der Waals surface area contributed by atoms with E-state index in [0.29, 0.717) is 12.2 Å². The van der Waals surface area contributed by atoms with E-state index in [2.05, 4.69) is 0 Å². The van der Waals surface area contributed by atoms with Gasteiger partial charge in [0.15, 0.2) is 6.61 Å². The number of amides is 1. The molecular formula is C10H10N2O2. The molecule has 0 aliphatic rings. The highest BCUT2D eigenvalue weighted by Gasteiger charge is 1.98. The molecule has 0 atom stereocenters. The highest BCUT2D eigenvalue weighted by atomic mass is 16.5. The summed E-state index contributed by atoms with van der Waals surface area (Å²) in [7, 11) is 0. The van der Waals surface area contributed by atoms with Crippen LogP contribution in [0.2, 0.25) is 0 Å². The summed E-state index contributed by atoms with van der Waals surface area (Å²) in [6.45, 7) is -0.143. The molecule has 0 saturated heterocycles. The summed E-state index contributed by atoms with van der Waals surface area (Å²) < 4.78 is 5.07. The predicted octanol–water partition coefficient (Wildman–Crippen LogP) is 0.617. The van der Waals surface area contributed by atoms with Crippen molar-refractivity contribution in [3.8, 4) is 11.8 Å². The molecule has 1 aromatic rings. The number of hydrogen-bond donors (Lipinski definition) is 1. The quantitative estimate of drug-likeness (QED) is 0.755. The van der Waals surface area contributed by atoms with Crippen LogP contribution in [0.3, 0.4) is 0 Å². The molecule has 4 heteroatoms. The Morgan fingerprint density at radius 3 is 3.00 bits per heavy atom. The first-order chi connectivity index (χ1) is 6.72. The number of carbonyl (C=O) groups excluding carboxylic acids is 1. The first-order valence-electron chi connectivity index (χ1n) is 4.09. The lowest BCUT2D eigenvalue weighted by Gasteiger charge is -2.04. The second-order valence-electron chi connectivity index (χ2n) is 2.74. The maximum atomic E-state index is 10.4. The minimum atomic E-state index is -0.518. The van der Waals surface area contributed by atoms with Crippen molar-refractivity contribution in [3.05, 3.63) is 29.8 Å². The van der Waals surface area contributed by atoms with E-state index in [4.69, 9.17) is 15.7 Å². The molecule has 0 saturated carbocycles. The molecule has 4 nitrogen and oxygen atoms in total. The molecule has 0 aliphatic carbocycles. The molecule has 14 heavy (non-hydrogen) atoms. The fourth-order valence-corrected chi connectivity index (χ4v) is 0.991. The van der Waals surface area contributed by atoms with Crippen molar-refractivity contribution in [2.75, 3.05) is 6.61 Å². The van der Waals surface area contributed by atoms with Crippen LogP contribution in [0.1, 0.15) is 5.56 Å². The van der Waals surface area contributed by atoms with Gasteiger partial charge < -0.3 is 10.5 Å². The Labute approximate surface area is 81.9 Å². The molecule has 0 aliphatic heterocycles. The van der Waals surface area contributed by atoms with Crippen LogP contribution in [0.25, 0.3) is 0 Å². The smallest absolute Gasteiger partial charge is 0.255 e. The minimum Gasteiger partial charge on any atom is -0.484 e. The van der Waals surface area contributed by atoms with E-state index >= 15 is 0 Å². The average Bonchev–Trinajstić information content (AvgIpc) is 2.16. The summed E-state index contributed by atoms with van der Waals surface area (Å²) in [5.74, 6) is 0.0345. The molecule has 1 aromatic carbocycles. The van der Waals surface area contributed by atoms with Gasteiger partial charge in [0.05, 0.1) is 12.5 Å². The minimum absolute atomic E-state index is 0.143. The fraction of sp³-hybridized carbons (Fsp3) is 0.200. The second-order valence-corrected chi connectivity index (χ2v) is 2.74. The lowest BCUT2D eigenvalue weighted by atomic mass is 10.2. The Hall–Kier alpha value is -2.02. The molecule has 0 unspecified atom stereocenters. The van der Waals surface area contributed by atoms with Crippen LogP contribution < -0.4 is 10.5 Å².